The number of hydrogen-bond donors (Lipinski definition) is 1. The molecule has 1 N–H and O–H groups in total. The predicted octanol–water partition coefficient (Wildman–Crippen LogP) is 1.45. The summed E-state index contributed by atoms with van der Waals surface area (Å²) in [6, 6.07) is 8.89. The van der Waals surface area contributed by atoms with Crippen molar-refractivity contribution in [3.05, 3.63) is 62.6 Å². The summed E-state index contributed by atoms with van der Waals surface area (Å²) in [6.07, 6.45) is 0. The van der Waals surface area contributed by atoms with Crippen molar-refractivity contribution in [1.82, 2.24) is 24.2 Å². The van der Waals surface area contributed by atoms with Crippen LogP contribution in [0.25, 0.3) is 10.9 Å². The summed E-state index contributed by atoms with van der Waals surface area (Å²) in [6.45, 7) is 9.02. The summed E-state index contributed by atoms with van der Waals surface area (Å²) < 4.78 is 4.45. The fourth-order valence-electron chi connectivity index (χ4n) is 3.51. The van der Waals surface area contributed by atoms with E-state index in [2.05, 4.69) is 10.4 Å². The number of aryl methyl sites for hydroxylation is 2. The molecule has 3 aromatic rings. The van der Waals surface area contributed by atoms with Crippen molar-refractivity contribution in [1.29, 1.82) is 0 Å². The molecule has 2 aromatic heterocycles. The number of nitrogens with one attached hydrogen (secondary N) is 1. The zero-order valence-corrected chi connectivity index (χ0v) is 17.3. The lowest BCUT2D eigenvalue weighted by Crippen LogP contribution is -2.42. The van der Waals surface area contributed by atoms with Crippen LogP contribution in [0.15, 0.2) is 39.9 Å². The molecule has 8 heteroatoms. The molecule has 0 aliphatic carbocycles. The van der Waals surface area contributed by atoms with Gasteiger partial charge in [-0.25, -0.2) is 4.79 Å². The van der Waals surface area contributed by atoms with Crippen LogP contribution in [0, 0.1) is 19.8 Å². The smallest absolute Gasteiger partial charge is 0.331 e. The van der Waals surface area contributed by atoms with Gasteiger partial charge in [0.2, 0.25) is 5.91 Å². The molecule has 1 amide bonds. The average Bonchev–Trinajstić information content (AvgIpc) is 3.00. The number of carbonyl (C=O) groups excluding carboxylic acids is 1. The molecule has 0 saturated heterocycles. The van der Waals surface area contributed by atoms with Gasteiger partial charge < -0.3 is 5.32 Å². The van der Waals surface area contributed by atoms with Crippen molar-refractivity contribution in [2.45, 2.75) is 47.3 Å². The fraction of sp³-hybridized carbons (Fsp3) is 0.429. The average molecular weight is 397 g/mol. The summed E-state index contributed by atoms with van der Waals surface area (Å²) in [5, 5.41) is 7.77. The van der Waals surface area contributed by atoms with E-state index in [0.717, 1.165) is 16.0 Å². The Balaban J connectivity index is 1.74. The third-order valence-corrected chi connectivity index (χ3v) is 4.99. The van der Waals surface area contributed by atoms with Crippen molar-refractivity contribution in [2.75, 3.05) is 6.54 Å². The highest BCUT2D eigenvalue weighted by molar-refractivity contribution is 5.81. The molecule has 0 radical (unpaired) electrons. The number of para-hydroxylation sites is 1. The Morgan fingerprint density at radius 2 is 1.90 bits per heavy atom. The summed E-state index contributed by atoms with van der Waals surface area (Å²) in [5.41, 5.74) is 1.72. The molecular weight excluding hydrogens is 370 g/mol. The fourth-order valence-corrected chi connectivity index (χ4v) is 3.51. The highest BCUT2D eigenvalue weighted by atomic mass is 16.2. The maximum absolute atomic E-state index is 12.7. The number of aromatic nitrogens is 4. The van der Waals surface area contributed by atoms with Gasteiger partial charge in [0.1, 0.15) is 6.54 Å². The third kappa shape index (κ3) is 4.31. The van der Waals surface area contributed by atoms with Gasteiger partial charge in [0, 0.05) is 25.3 Å². The lowest BCUT2D eigenvalue weighted by Gasteiger charge is -2.16. The van der Waals surface area contributed by atoms with E-state index in [-0.39, 0.29) is 30.5 Å². The number of nitrogens with zero attached hydrogens (tertiary/aromatic N) is 4. The largest absolute Gasteiger partial charge is 0.354 e. The Bertz CT molecular complexity index is 1160. The second-order valence-corrected chi connectivity index (χ2v) is 7.45. The van der Waals surface area contributed by atoms with Crippen LogP contribution in [-0.2, 0) is 24.4 Å². The van der Waals surface area contributed by atoms with Gasteiger partial charge in [-0.15, -0.1) is 0 Å². The van der Waals surface area contributed by atoms with Crippen LogP contribution < -0.4 is 16.6 Å². The minimum absolute atomic E-state index is 0.133. The lowest BCUT2D eigenvalue weighted by molar-refractivity contribution is -0.121. The maximum atomic E-state index is 12.7. The summed E-state index contributed by atoms with van der Waals surface area (Å²) >= 11 is 0. The first kappa shape index (κ1) is 20.6. The van der Waals surface area contributed by atoms with Gasteiger partial charge in [0.15, 0.2) is 0 Å². The number of rotatable bonds is 7. The topological polar surface area (TPSA) is 90.9 Å². The molecule has 0 spiro atoms. The molecule has 1 unspecified atom stereocenters. The van der Waals surface area contributed by atoms with Gasteiger partial charge in [-0.2, -0.15) is 5.10 Å². The lowest BCUT2D eigenvalue weighted by atomic mass is 10.2. The maximum Gasteiger partial charge on any atom is 0.331 e. The molecule has 1 aromatic carbocycles. The molecule has 0 aliphatic rings. The van der Waals surface area contributed by atoms with Gasteiger partial charge in [0.05, 0.1) is 16.6 Å². The standard InChI is InChI=1S/C21H27N5O3/c1-5-24-20(28)17-8-6-7-9-18(17)25(21(24)29)13-19(27)22-11-14(2)12-26-16(4)10-15(3)23-26/h6-10,14H,5,11-13H2,1-4H3,(H,22,27). The molecule has 3 rings (SSSR count). The van der Waals surface area contributed by atoms with Crippen LogP contribution in [-0.4, -0.2) is 31.4 Å². The zero-order chi connectivity index (χ0) is 21.1. The van der Waals surface area contributed by atoms with Crippen LogP contribution >= 0.6 is 0 Å². The quantitative estimate of drug-likeness (QED) is 0.653. The first-order chi connectivity index (χ1) is 13.8. The van der Waals surface area contributed by atoms with Gasteiger partial charge in [-0.1, -0.05) is 19.1 Å². The number of hydrogen-bond acceptors (Lipinski definition) is 4. The Morgan fingerprint density at radius 1 is 1.17 bits per heavy atom. The van der Waals surface area contributed by atoms with Crippen molar-refractivity contribution < 1.29 is 4.79 Å². The van der Waals surface area contributed by atoms with E-state index >= 15 is 0 Å². The number of fused-ring (bicyclic) bond motifs is 1. The van der Waals surface area contributed by atoms with Crippen molar-refractivity contribution in [3.8, 4) is 0 Å². The Kier molecular flexibility index (Phi) is 6.00. The number of amides is 1. The molecule has 0 aliphatic heterocycles. The molecule has 0 saturated carbocycles. The van der Waals surface area contributed by atoms with E-state index in [1.165, 1.54) is 4.57 Å². The van der Waals surface area contributed by atoms with Crippen LogP contribution in [0.5, 0.6) is 0 Å². The van der Waals surface area contributed by atoms with Gasteiger partial charge in [-0.3, -0.25) is 23.4 Å². The van der Waals surface area contributed by atoms with Crippen molar-refractivity contribution in [2.24, 2.45) is 5.92 Å². The highest BCUT2D eigenvalue weighted by Crippen LogP contribution is 2.08. The van der Waals surface area contributed by atoms with Gasteiger partial charge in [-0.05, 0) is 44.9 Å². The summed E-state index contributed by atoms with van der Waals surface area (Å²) in [5.74, 6) is -0.0891. The third-order valence-electron chi connectivity index (χ3n) is 4.99. The SMILES string of the molecule is CCn1c(=O)c2ccccc2n(CC(=O)NCC(C)Cn2nc(C)cc2C)c1=O. The normalized spacial score (nSPS) is 12.3. The van der Waals surface area contributed by atoms with Crippen LogP contribution in [0.2, 0.25) is 0 Å². The molecule has 1 atom stereocenters. The Labute approximate surface area is 168 Å². The van der Waals surface area contributed by atoms with E-state index in [1.54, 1.807) is 31.2 Å². The Morgan fingerprint density at radius 3 is 2.55 bits per heavy atom. The van der Waals surface area contributed by atoms with Gasteiger partial charge >= 0.3 is 5.69 Å². The molecule has 2 heterocycles. The van der Waals surface area contributed by atoms with E-state index < -0.39 is 5.69 Å². The molecule has 29 heavy (non-hydrogen) atoms. The second kappa shape index (κ2) is 8.46. The minimum Gasteiger partial charge on any atom is -0.354 e. The van der Waals surface area contributed by atoms with E-state index in [4.69, 9.17) is 0 Å². The molecule has 154 valence electrons. The molecule has 0 fully saturated rings. The second-order valence-electron chi connectivity index (χ2n) is 7.45. The van der Waals surface area contributed by atoms with Gasteiger partial charge in [0.25, 0.3) is 5.56 Å². The van der Waals surface area contributed by atoms with Crippen LogP contribution in [0.3, 0.4) is 0 Å². The predicted molar refractivity (Wildman–Crippen MR) is 112 cm³/mol. The first-order valence-corrected chi connectivity index (χ1v) is 9.82. The minimum atomic E-state index is -0.470. The first-order valence-electron chi connectivity index (χ1n) is 9.82. The van der Waals surface area contributed by atoms with E-state index in [9.17, 15) is 14.4 Å². The van der Waals surface area contributed by atoms with Crippen LogP contribution in [0.4, 0.5) is 0 Å². The monoisotopic (exact) mass is 397 g/mol. The number of carbonyl (C=O) groups is 1. The van der Waals surface area contributed by atoms with E-state index in [1.807, 2.05) is 31.5 Å². The zero-order valence-electron chi connectivity index (χ0n) is 17.3. The molecule has 0 bridgehead atoms. The van der Waals surface area contributed by atoms with Crippen molar-refractivity contribution >= 4 is 16.8 Å². The summed E-state index contributed by atoms with van der Waals surface area (Å²) in [4.78, 5) is 37.7. The Hall–Kier alpha value is -3.16. The highest BCUT2D eigenvalue weighted by Gasteiger charge is 2.15. The molecule has 8 nitrogen and oxygen atoms in total. The van der Waals surface area contributed by atoms with Crippen molar-refractivity contribution in [3.63, 3.8) is 0 Å². The number of benzene rings is 1. The summed E-state index contributed by atoms with van der Waals surface area (Å²) in [7, 11) is 0. The van der Waals surface area contributed by atoms with E-state index in [0.29, 0.717) is 24.0 Å². The van der Waals surface area contributed by atoms with Crippen LogP contribution in [0.1, 0.15) is 25.2 Å². The molecular formula is C21H27N5O3.